The van der Waals surface area contributed by atoms with E-state index in [0.717, 1.165) is 5.57 Å². The minimum atomic E-state index is 0.632. The summed E-state index contributed by atoms with van der Waals surface area (Å²) in [4.78, 5) is 0. The first-order valence-corrected chi connectivity index (χ1v) is 4.87. The highest BCUT2D eigenvalue weighted by Crippen LogP contribution is 2.17. The third-order valence-corrected chi connectivity index (χ3v) is 2.59. The van der Waals surface area contributed by atoms with Crippen LogP contribution in [0.3, 0.4) is 0 Å². The third-order valence-electron chi connectivity index (χ3n) is 2.59. The van der Waals surface area contributed by atoms with Crippen molar-refractivity contribution in [3.63, 3.8) is 0 Å². The monoisotopic (exact) mass is 178 g/mol. The summed E-state index contributed by atoms with van der Waals surface area (Å²) < 4.78 is 0. The summed E-state index contributed by atoms with van der Waals surface area (Å²) in [6.07, 6.45) is 2.26. The summed E-state index contributed by atoms with van der Waals surface area (Å²) in [5.41, 5.74) is 5.22. The van der Waals surface area contributed by atoms with Crippen molar-refractivity contribution in [2.45, 2.75) is 41.5 Å². The second-order valence-electron chi connectivity index (χ2n) is 4.13. The minimum absolute atomic E-state index is 0.632. The van der Waals surface area contributed by atoms with Gasteiger partial charge >= 0.3 is 0 Å². The van der Waals surface area contributed by atoms with Gasteiger partial charge in [0.15, 0.2) is 0 Å². The van der Waals surface area contributed by atoms with Gasteiger partial charge in [0.2, 0.25) is 0 Å². The van der Waals surface area contributed by atoms with E-state index in [2.05, 4.69) is 54.2 Å². The lowest BCUT2D eigenvalue weighted by atomic mass is 9.99. The predicted octanol–water partition coefficient (Wildman–Crippen LogP) is 4.50. The SMILES string of the molecule is C=C(C)C(C)=C(C)C=C(C)C(C)C. The van der Waals surface area contributed by atoms with Gasteiger partial charge in [-0.25, -0.2) is 0 Å². The summed E-state index contributed by atoms with van der Waals surface area (Å²) in [6, 6.07) is 0. The molecule has 0 aliphatic rings. The second-order valence-corrected chi connectivity index (χ2v) is 4.13. The quantitative estimate of drug-likeness (QED) is 0.558. The Balaban J connectivity index is 4.81. The van der Waals surface area contributed by atoms with Crippen LogP contribution in [0.2, 0.25) is 0 Å². The summed E-state index contributed by atoms with van der Waals surface area (Å²) >= 11 is 0. The highest BCUT2D eigenvalue weighted by atomic mass is 14.0. The predicted molar refractivity (Wildman–Crippen MR) is 61.8 cm³/mol. The Morgan fingerprint density at radius 2 is 1.54 bits per heavy atom. The highest BCUT2D eigenvalue weighted by Gasteiger charge is 1.98. The molecule has 0 atom stereocenters. The normalized spacial score (nSPS) is 14.5. The minimum Gasteiger partial charge on any atom is -0.0958 e. The fourth-order valence-electron chi connectivity index (χ4n) is 0.953. The van der Waals surface area contributed by atoms with Gasteiger partial charge in [0.05, 0.1) is 0 Å². The molecule has 0 spiro atoms. The number of hydrogen-bond donors (Lipinski definition) is 0. The van der Waals surface area contributed by atoms with Crippen molar-refractivity contribution in [2.75, 3.05) is 0 Å². The molecule has 0 saturated heterocycles. The molecule has 0 radical (unpaired) electrons. The van der Waals surface area contributed by atoms with Crippen molar-refractivity contribution < 1.29 is 0 Å². The summed E-state index contributed by atoms with van der Waals surface area (Å²) in [6.45, 7) is 16.9. The van der Waals surface area contributed by atoms with Crippen molar-refractivity contribution in [3.8, 4) is 0 Å². The highest BCUT2D eigenvalue weighted by molar-refractivity contribution is 5.36. The third kappa shape index (κ3) is 4.12. The van der Waals surface area contributed by atoms with E-state index < -0.39 is 0 Å². The van der Waals surface area contributed by atoms with Crippen LogP contribution in [0.4, 0.5) is 0 Å². The smallest absolute Gasteiger partial charge is 0.0260 e. The molecule has 0 aliphatic carbocycles. The Morgan fingerprint density at radius 1 is 1.08 bits per heavy atom. The Labute approximate surface area is 83.0 Å². The summed E-state index contributed by atoms with van der Waals surface area (Å²) in [5, 5.41) is 0. The Kier molecular flexibility index (Phi) is 4.76. The molecular formula is C13H22. The van der Waals surface area contributed by atoms with E-state index in [4.69, 9.17) is 0 Å². The molecule has 13 heavy (non-hydrogen) atoms. The molecule has 0 heteroatoms. The molecule has 0 aromatic carbocycles. The van der Waals surface area contributed by atoms with Crippen LogP contribution < -0.4 is 0 Å². The van der Waals surface area contributed by atoms with Gasteiger partial charge in [-0.3, -0.25) is 0 Å². The van der Waals surface area contributed by atoms with E-state index in [0.29, 0.717) is 5.92 Å². The molecule has 0 bridgehead atoms. The first-order valence-electron chi connectivity index (χ1n) is 4.87. The molecule has 0 amide bonds. The first kappa shape index (κ1) is 12.2. The van der Waals surface area contributed by atoms with Gasteiger partial charge < -0.3 is 0 Å². The Hall–Kier alpha value is -0.780. The average Bonchev–Trinajstić information content (AvgIpc) is 2.02. The molecule has 0 N–H and O–H groups in total. The number of allylic oxidation sites excluding steroid dienone is 5. The largest absolute Gasteiger partial charge is 0.0958 e. The molecule has 0 saturated carbocycles. The van der Waals surface area contributed by atoms with Gasteiger partial charge in [0.1, 0.15) is 0 Å². The van der Waals surface area contributed by atoms with Crippen LogP contribution in [0.5, 0.6) is 0 Å². The van der Waals surface area contributed by atoms with E-state index in [1.807, 2.05) is 0 Å². The zero-order chi connectivity index (χ0) is 10.6. The van der Waals surface area contributed by atoms with E-state index >= 15 is 0 Å². The molecule has 0 nitrogen and oxygen atoms in total. The molecule has 0 heterocycles. The van der Waals surface area contributed by atoms with E-state index in [-0.39, 0.29) is 0 Å². The summed E-state index contributed by atoms with van der Waals surface area (Å²) in [5.74, 6) is 0.632. The second kappa shape index (κ2) is 5.06. The van der Waals surface area contributed by atoms with Crippen LogP contribution in [0.25, 0.3) is 0 Å². The van der Waals surface area contributed by atoms with Gasteiger partial charge in [-0.1, -0.05) is 37.6 Å². The standard InChI is InChI=1S/C13H22/c1-9(2)11(5)8-12(6)13(7)10(3)4/h8-9H,3H2,1-2,4-7H3. The van der Waals surface area contributed by atoms with Crippen molar-refractivity contribution in [1.29, 1.82) is 0 Å². The average molecular weight is 178 g/mol. The molecule has 0 aromatic heterocycles. The lowest BCUT2D eigenvalue weighted by molar-refractivity contribution is 0.768. The van der Waals surface area contributed by atoms with E-state index in [1.165, 1.54) is 16.7 Å². The molecule has 0 rings (SSSR count). The maximum absolute atomic E-state index is 3.94. The van der Waals surface area contributed by atoms with Crippen LogP contribution in [0.1, 0.15) is 41.5 Å². The van der Waals surface area contributed by atoms with Crippen LogP contribution >= 0.6 is 0 Å². The zero-order valence-electron chi connectivity index (χ0n) is 9.86. The van der Waals surface area contributed by atoms with Crippen LogP contribution in [-0.2, 0) is 0 Å². The molecule has 0 fully saturated rings. The lowest BCUT2D eigenvalue weighted by Gasteiger charge is -2.08. The van der Waals surface area contributed by atoms with Gasteiger partial charge in [0, 0.05) is 0 Å². The fraction of sp³-hybridized carbons (Fsp3) is 0.538. The zero-order valence-corrected chi connectivity index (χ0v) is 9.86. The fourth-order valence-corrected chi connectivity index (χ4v) is 0.953. The van der Waals surface area contributed by atoms with Crippen LogP contribution in [0, 0.1) is 5.92 Å². The Bertz CT molecular complexity index is 249. The first-order chi connectivity index (χ1) is 5.86. The van der Waals surface area contributed by atoms with Gasteiger partial charge in [-0.15, -0.1) is 0 Å². The van der Waals surface area contributed by atoms with Crippen molar-refractivity contribution in [2.24, 2.45) is 5.92 Å². The number of rotatable bonds is 3. The van der Waals surface area contributed by atoms with Crippen molar-refractivity contribution in [3.05, 3.63) is 34.9 Å². The van der Waals surface area contributed by atoms with Gasteiger partial charge in [-0.2, -0.15) is 0 Å². The van der Waals surface area contributed by atoms with Crippen molar-refractivity contribution >= 4 is 0 Å². The summed E-state index contributed by atoms with van der Waals surface area (Å²) in [7, 11) is 0. The topological polar surface area (TPSA) is 0 Å². The van der Waals surface area contributed by atoms with Crippen LogP contribution in [0.15, 0.2) is 34.9 Å². The maximum Gasteiger partial charge on any atom is -0.0260 e. The maximum atomic E-state index is 3.94. The molecular weight excluding hydrogens is 156 g/mol. The Morgan fingerprint density at radius 3 is 1.85 bits per heavy atom. The molecule has 0 aromatic rings. The van der Waals surface area contributed by atoms with E-state index in [1.54, 1.807) is 0 Å². The van der Waals surface area contributed by atoms with Crippen LogP contribution in [-0.4, -0.2) is 0 Å². The van der Waals surface area contributed by atoms with E-state index in [9.17, 15) is 0 Å². The van der Waals surface area contributed by atoms with Gasteiger partial charge in [0.25, 0.3) is 0 Å². The molecule has 0 aliphatic heterocycles. The lowest BCUT2D eigenvalue weighted by Crippen LogP contribution is -1.90. The molecule has 74 valence electrons. The van der Waals surface area contributed by atoms with Gasteiger partial charge in [-0.05, 0) is 44.8 Å². The van der Waals surface area contributed by atoms with Crippen molar-refractivity contribution in [1.82, 2.24) is 0 Å². The molecule has 0 unspecified atom stereocenters. The number of hydrogen-bond acceptors (Lipinski definition) is 0.